The highest BCUT2D eigenvalue weighted by Crippen LogP contribution is 2.22. The molecule has 11 heavy (non-hydrogen) atoms. The van der Waals surface area contributed by atoms with Gasteiger partial charge in [-0.05, 0) is 38.4 Å². The summed E-state index contributed by atoms with van der Waals surface area (Å²) >= 11 is 0. The third kappa shape index (κ3) is 0.934. The third-order valence-corrected chi connectivity index (χ3v) is 2.36. The lowest BCUT2D eigenvalue weighted by molar-refractivity contribution is 0.274. The maximum Gasteiger partial charge on any atom is 0.0725 e. The second kappa shape index (κ2) is 2.29. The molecule has 0 radical (unpaired) electrons. The second-order valence-electron chi connectivity index (χ2n) is 3.42. The molecule has 2 heterocycles. The molecule has 60 valence electrons. The minimum Gasteiger partial charge on any atom is -0.382 e. The Labute approximate surface area is 67.6 Å². The van der Waals surface area contributed by atoms with Crippen molar-refractivity contribution in [2.24, 2.45) is 0 Å². The molecule has 2 nitrogen and oxygen atoms in total. The fourth-order valence-electron chi connectivity index (χ4n) is 1.75. The Morgan fingerprint density at radius 2 is 2.18 bits per heavy atom. The number of rotatable bonds is 1. The van der Waals surface area contributed by atoms with Gasteiger partial charge in [-0.3, -0.25) is 0 Å². The zero-order chi connectivity index (χ0) is 7.84. The average molecular weight is 150 g/mol. The molecule has 2 heteroatoms. The molecule has 0 fully saturated rings. The van der Waals surface area contributed by atoms with Gasteiger partial charge in [0.05, 0.1) is 12.1 Å². The SMILES string of the molecule is CC(C)N1C=CC2NC=CC21. The van der Waals surface area contributed by atoms with Crippen LogP contribution in [0, 0.1) is 0 Å². The van der Waals surface area contributed by atoms with Gasteiger partial charge in [0, 0.05) is 6.04 Å². The van der Waals surface area contributed by atoms with Crippen LogP contribution in [0.1, 0.15) is 13.8 Å². The van der Waals surface area contributed by atoms with Crippen molar-refractivity contribution in [1.82, 2.24) is 10.2 Å². The van der Waals surface area contributed by atoms with E-state index >= 15 is 0 Å². The Morgan fingerprint density at radius 3 is 2.91 bits per heavy atom. The average Bonchev–Trinajstić information content (AvgIpc) is 2.41. The van der Waals surface area contributed by atoms with E-state index in [9.17, 15) is 0 Å². The topological polar surface area (TPSA) is 15.3 Å². The van der Waals surface area contributed by atoms with Crippen molar-refractivity contribution < 1.29 is 0 Å². The third-order valence-electron chi connectivity index (χ3n) is 2.36. The van der Waals surface area contributed by atoms with Gasteiger partial charge in [-0.1, -0.05) is 0 Å². The first-order chi connectivity index (χ1) is 5.29. The van der Waals surface area contributed by atoms with E-state index in [1.807, 2.05) is 6.20 Å². The molecule has 2 aliphatic heterocycles. The Bertz CT molecular complexity index is 206. The number of hydrogen-bond acceptors (Lipinski definition) is 2. The van der Waals surface area contributed by atoms with Crippen molar-refractivity contribution in [1.29, 1.82) is 0 Å². The number of nitrogens with one attached hydrogen (secondary N) is 1. The molecule has 2 aliphatic rings. The molecule has 2 atom stereocenters. The summed E-state index contributed by atoms with van der Waals surface area (Å²) in [4.78, 5) is 2.38. The van der Waals surface area contributed by atoms with Crippen LogP contribution < -0.4 is 5.32 Å². The van der Waals surface area contributed by atoms with E-state index < -0.39 is 0 Å². The first kappa shape index (κ1) is 6.77. The van der Waals surface area contributed by atoms with E-state index in [2.05, 4.69) is 42.4 Å². The Balaban J connectivity index is 2.14. The summed E-state index contributed by atoms with van der Waals surface area (Å²) in [7, 11) is 0. The van der Waals surface area contributed by atoms with E-state index in [4.69, 9.17) is 0 Å². The lowest BCUT2D eigenvalue weighted by Crippen LogP contribution is -2.38. The van der Waals surface area contributed by atoms with E-state index in [0.717, 1.165) is 0 Å². The summed E-state index contributed by atoms with van der Waals surface area (Å²) in [5.41, 5.74) is 0. The monoisotopic (exact) mass is 150 g/mol. The molecule has 0 amide bonds. The first-order valence-electron chi connectivity index (χ1n) is 4.17. The van der Waals surface area contributed by atoms with Crippen LogP contribution in [0.25, 0.3) is 0 Å². The summed E-state index contributed by atoms with van der Waals surface area (Å²) in [5, 5.41) is 3.29. The molecule has 0 aromatic carbocycles. The van der Waals surface area contributed by atoms with Crippen LogP contribution in [-0.2, 0) is 0 Å². The van der Waals surface area contributed by atoms with Crippen molar-refractivity contribution in [2.45, 2.75) is 32.0 Å². The summed E-state index contributed by atoms with van der Waals surface area (Å²) in [6.07, 6.45) is 8.69. The molecule has 0 aliphatic carbocycles. The molecule has 0 saturated carbocycles. The Morgan fingerprint density at radius 1 is 1.36 bits per heavy atom. The predicted octanol–water partition coefficient (Wildman–Crippen LogP) is 1.08. The molecule has 2 unspecified atom stereocenters. The van der Waals surface area contributed by atoms with Gasteiger partial charge in [0.15, 0.2) is 0 Å². The zero-order valence-corrected chi connectivity index (χ0v) is 6.99. The standard InChI is InChI=1S/C9H14N2/c1-7(2)11-6-4-8-9(11)3-5-10-8/h3-10H,1-2H3. The smallest absolute Gasteiger partial charge is 0.0725 e. The molecule has 0 aromatic heterocycles. The molecular weight excluding hydrogens is 136 g/mol. The molecular formula is C9H14N2. The fraction of sp³-hybridized carbons (Fsp3) is 0.556. The van der Waals surface area contributed by atoms with Crippen LogP contribution >= 0.6 is 0 Å². The minimum atomic E-state index is 0.525. The fourth-order valence-corrected chi connectivity index (χ4v) is 1.75. The van der Waals surface area contributed by atoms with Crippen LogP contribution in [0.4, 0.5) is 0 Å². The van der Waals surface area contributed by atoms with Crippen LogP contribution in [0.3, 0.4) is 0 Å². The van der Waals surface area contributed by atoms with Crippen molar-refractivity contribution in [3.8, 4) is 0 Å². The summed E-state index contributed by atoms with van der Waals surface area (Å²) in [6, 6.07) is 1.69. The molecule has 0 aromatic rings. The molecule has 1 N–H and O–H groups in total. The minimum absolute atomic E-state index is 0.525. The van der Waals surface area contributed by atoms with Gasteiger partial charge in [0.2, 0.25) is 0 Å². The van der Waals surface area contributed by atoms with Gasteiger partial charge in [-0.15, -0.1) is 0 Å². The van der Waals surface area contributed by atoms with Crippen LogP contribution in [0.2, 0.25) is 0 Å². The van der Waals surface area contributed by atoms with Crippen molar-refractivity contribution in [3.63, 3.8) is 0 Å². The van der Waals surface area contributed by atoms with Crippen LogP contribution in [0.5, 0.6) is 0 Å². The normalized spacial score (nSPS) is 33.2. The zero-order valence-electron chi connectivity index (χ0n) is 6.99. The largest absolute Gasteiger partial charge is 0.382 e. The van der Waals surface area contributed by atoms with Gasteiger partial charge in [-0.25, -0.2) is 0 Å². The molecule has 0 spiro atoms. The highest BCUT2D eigenvalue weighted by atomic mass is 15.2. The quantitative estimate of drug-likeness (QED) is 0.601. The van der Waals surface area contributed by atoms with E-state index in [0.29, 0.717) is 18.1 Å². The maximum atomic E-state index is 3.29. The van der Waals surface area contributed by atoms with Crippen LogP contribution in [0.15, 0.2) is 24.6 Å². The highest BCUT2D eigenvalue weighted by Gasteiger charge is 2.30. The van der Waals surface area contributed by atoms with Crippen molar-refractivity contribution in [2.75, 3.05) is 0 Å². The summed E-state index contributed by atoms with van der Waals surface area (Å²) in [6.45, 7) is 4.44. The Hall–Kier alpha value is -0.920. The van der Waals surface area contributed by atoms with Gasteiger partial charge in [-0.2, -0.15) is 0 Å². The van der Waals surface area contributed by atoms with Crippen LogP contribution in [-0.4, -0.2) is 23.0 Å². The summed E-state index contributed by atoms with van der Waals surface area (Å²) in [5.74, 6) is 0. The van der Waals surface area contributed by atoms with E-state index in [-0.39, 0.29) is 0 Å². The van der Waals surface area contributed by atoms with Crippen molar-refractivity contribution in [3.05, 3.63) is 24.6 Å². The molecule has 2 rings (SSSR count). The highest BCUT2D eigenvalue weighted by molar-refractivity contribution is 5.22. The molecule has 0 bridgehead atoms. The summed E-state index contributed by atoms with van der Waals surface area (Å²) < 4.78 is 0. The van der Waals surface area contributed by atoms with Gasteiger partial charge < -0.3 is 10.2 Å². The lowest BCUT2D eigenvalue weighted by Gasteiger charge is -2.27. The van der Waals surface area contributed by atoms with E-state index in [1.165, 1.54) is 0 Å². The predicted molar refractivity (Wildman–Crippen MR) is 46.0 cm³/mol. The number of hydrogen-bond donors (Lipinski definition) is 1. The maximum absolute atomic E-state index is 3.29. The van der Waals surface area contributed by atoms with Gasteiger partial charge in [0.25, 0.3) is 0 Å². The first-order valence-corrected chi connectivity index (χ1v) is 4.17. The number of nitrogens with zero attached hydrogens (tertiary/aromatic N) is 1. The van der Waals surface area contributed by atoms with Gasteiger partial charge >= 0.3 is 0 Å². The van der Waals surface area contributed by atoms with Crippen molar-refractivity contribution >= 4 is 0 Å². The van der Waals surface area contributed by atoms with E-state index in [1.54, 1.807) is 0 Å². The second-order valence-corrected chi connectivity index (χ2v) is 3.42. The number of fused-ring (bicyclic) bond motifs is 1. The Kier molecular flexibility index (Phi) is 1.41. The van der Waals surface area contributed by atoms with Gasteiger partial charge in [0.1, 0.15) is 0 Å². The lowest BCUT2D eigenvalue weighted by atomic mass is 10.1. The molecule has 0 saturated heterocycles.